The van der Waals surface area contributed by atoms with Gasteiger partial charge < -0.3 is 4.90 Å². The van der Waals surface area contributed by atoms with E-state index in [4.69, 9.17) is 12.2 Å². The number of unbranched alkanes of at least 4 members (excludes halogenated alkanes) is 3. The number of carbonyl (C=O) groups excluding carboxylic acids is 1. The number of rotatable bonds is 11. The van der Waals surface area contributed by atoms with Crippen LogP contribution in [0.3, 0.4) is 0 Å². The topological polar surface area (TPSA) is 69.3 Å². The molecule has 40 heavy (non-hydrogen) atoms. The standard InChI is InChI=1S/C32H40N4O2S2/c1-4-6-7-11-17-36-31(38)28(40-32(36)39)21-26-23(3)27(22-33)30(37)35(16-5-2)29(26)34-18-14-25(15-19-34)20-24-12-9-8-10-13-24/h8-10,12-13,21,25H,4-7,11,14-20H2,1-3H3/b28-21-. The Bertz CT molecular complexity index is 1350. The average molecular weight is 577 g/mol. The summed E-state index contributed by atoms with van der Waals surface area (Å²) < 4.78 is 2.34. The molecule has 0 bridgehead atoms. The molecule has 4 rings (SSSR count). The second kappa shape index (κ2) is 14.1. The van der Waals surface area contributed by atoms with Crippen molar-refractivity contribution >= 4 is 46.1 Å². The highest BCUT2D eigenvalue weighted by Crippen LogP contribution is 2.37. The van der Waals surface area contributed by atoms with E-state index in [0.717, 1.165) is 75.8 Å². The van der Waals surface area contributed by atoms with Gasteiger partial charge in [0.2, 0.25) is 0 Å². The van der Waals surface area contributed by atoms with Crippen LogP contribution in [0.15, 0.2) is 40.0 Å². The Hall–Kier alpha value is -2.89. The van der Waals surface area contributed by atoms with Gasteiger partial charge in [0.25, 0.3) is 11.5 Å². The first-order chi connectivity index (χ1) is 19.4. The Morgan fingerprint density at radius 1 is 1.05 bits per heavy atom. The summed E-state index contributed by atoms with van der Waals surface area (Å²) in [4.78, 5) is 31.5. The number of nitrogens with zero attached hydrogens (tertiary/aromatic N) is 4. The van der Waals surface area contributed by atoms with Crippen LogP contribution in [0.2, 0.25) is 0 Å². The summed E-state index contributed by atoms with van der Waals surface area (Å²) in [5.74, 6) is 1.33. The van der Waals surface area contributed by atoms with Crippen molar-refractivity contribution in [2.24, 2.45) is 5.92 Å². The van der Waals surface area contributed by atoms with Crippen LogP contribution in [0.5, 0.6) is 0 Å². The maximum absolute atomic E-state index is 13.5. The highest BCUT2D eigenvalue weighted by molar-refractivity contribution is 8.26. The first-order valence-corrected chi connectivity index (χ1v) is 15.8. The molecule has 1 aromatic carbocycles. The molecular weight excluding hydrogens is 537 g/mol. The third-order valence-corrected chi connectivity index (χ3v) is 9.34. The first-order valence-electron chi connectivity index (χ1n) is 14.6. The minimum Gasteiger partial charge on any atom is -0.357 e. The van der Waals surface area contributed by atoms with Gasteiger partial charge in [-0.3, -0.25) is 19.1 Å². The minimum atomic E-state index is -0.246. The number of carbonyl (C=O) groups is 1. The number of nitriles is 1. The lowest BCUT2D eigenvalue weighted by Crippen LogP contribution is -2.40. The molecule has 0 saturated carbocycles. The Balaban J connectivity index is 1.67. The molecule has 1 amide bonds. The molecule has 3 heterocycles. The van der Waals surface area contributed by atoms with E-state index in [0.29, 0.717) is 33.8 Å². The van der Waals surface area contributed by atoms with Crippen molar-refractivity contribution < 1.29 is 4.79 Å². The van der Waals surface area contributed by atoms with Crippen molar-refractivity contribution in [2.45, 2.75) is 78.7 Å². The molecule has 2 aromatic rings. The van der Waals surface area contributed by atoms with E-state index in [1.54, 1.807) is 9.47 Å². The molecule has 0 spiro atoms. The van der Waals surface area contributed by atoms with Crippen LogP contribution in [0.1, 0.15) is 81.0 Å². The number of hydrogen-bond donors (Lipinski definition) is 0. The fourth-order valence-electron chi connectivity index (χ4n) is 5.73. The molecule has 0 radical (unpaired) electrons. The van der Waals surface area contributed by atoms with Crippen molar-refractivity contribution in [2.75, 3.05) is 24.5 Å². The number of hydrogen-bond acceptors (Lipinski definition) is 6. The van der Waals surface area contributed by atoms with Crippen LogP contribution < -0.4 is 10.5 Å². The molecule has 6 nitrogen and oxygen atoms in total. The molecule has 212 valence electrons. The molecular formula is C32H40N4O2S2. The summed E-state index contributed by atoms with van der Waals surface area (Å²) in [5, 5.41) is 9.93. The number of aromatic nitrogens is 1. The van der Waals surface area contributed by atoms with E-state index in [1.807, 2.05) is 26.0 Å². The van der Waals surface area contributed by atoms with Crippen LogP contribution in [-0.2, 0) is 17.8 Å². The van der Waals surface area contributed by atoms with Crippen LogP contribution in [-0.4, -0.2) is 39.3 Å². The molecule has 0 unspecified atom stereocenters. The Kier molecular flexibility index (Phi) is 10.6. The minimum absolute atomic E-state index is 0.0785. The van der Waals surface area contributed by atoms with Crippen molar-refractivity contribution in [3.8, 4) is 6.07 Å². The van der Waals surface area contributed by atoms with E-state index >= 15 is 0 Å². The zero-order chi connectivity index (χ0) is 28.6. The highest BCUT2D eigenvalue weighted by Gasteiger charge is 2.33. The molecule has 2 fully saturated rings. The summed E-state index contributed by atoms with van der Waals surface area (Å²) in [7, 11) is 0. The second-order valence-corrected chi connectivity index (χ2v) is 12.5. The lowest BCUT2D eigenvalue weighted by atomic mass is 9.90. The van der Waals surface area contributed by atoms with Crippen LogP contribution in [0.25, 0.3) is 6.08 Å². The van der Waals surface area contributed by atoms with E-state index in [2.05, 4.69) is 42.2 Å². The first kappa shape index (κ1) is 30.1. The van der Waals surface area contributed by atoms with Gasteiger partial charge >= 0.3 is 0 Å². The number of pyridine rings is 1. The number of thioether (sulfide) groups is 1. The van der Waals surface area contributed by atoms with Gasteiger partial charge in [-0.15, -0.1) is 0 Å². The van der Waals surface area contributed by atoms with E-state index in [1.165, 1.54) is 17.3 Å². The zero-order valence-electron chi connectivity index (χ0n) is 23.9. The van der Waals surface area contributed by atoms with Gasteiger partial charge in [0, 0.05) is 31.7 Å². The summed E-state index contributed by atoms with van der Waals surface area (Å²) in [6.07, 6.45) is 10.0. The molecule has 1 aromatic heterocycles. The third kappa shape index (κ3) is 6.70. The Morgan fingerprint density at radius 3 is 2.42 bits per heavy atom. The van der Waals surface area contributed by atoms with Gasteiger partial charge in [-0.1, -0.05) is 87.4 Å². The van der Waals surface area contributed by atoms with E-state index in [9.17, 15) is 14.9 Å². The Labute approximate surface area is 248 Å². The predicted molar refractivity (Wildman–Crippen MR) is 170 cm³/mol. The number of benzene rings is 1. The maximum Gasteiger partial charge on any atom is 0.270 e. The average Bonchev–Trinajstić information content (AvgIpc) is 3.22. The highest BCUT2D eigenvalue weighted by atomic mass is 32.2. The van der Waals surface area contributed by atoms with Crippen LogP contribution in [0.4, 0.5) is 5.82 Å². The molecule has 2 saturated heterocycles. The zero-order valence-corrected chi connectivity index (χ0v) is 25.6. The molecule has 0 N–H and O–H groups in total. The van der Waals surface area contributed by atoms with Gasteiger partial charge in [0.15, 0.2) is 0 Å². The fourth-order valence-corrected chi connectivity index (χ4v) is 7.02. The predicted octanol–water partition coefficient (Wildman–Crippen LogP) is 6.68. The van der Waals surface area contributed by atoms with E-state index < -0.39 is 0 Å². The van der Waals surface area contributed by atoms with Gasteiger partial charge in [-0.2, -0.15) is 5.26 Å². The van der Waals surface area contributed by atoms with Gasteiger partial charge in [0.1, 0.15) is 21.8 Å². The molecule has 0 atom stereocenters. The van der Waals surface area contributed by atoms with Crippen molar-refractivity contribution in [1.29, 1.82) is 5.26 Å². The third-order valence-electron chi connectivity index (χ3n) is 7.96. The number of thiocarbonyl (C=S) groups is 1. The normalized spacial score (nSPS) is 17.2. The van der Waals surface area contributed by atoms with Crippen LogP contribution in [0, 0.1) is 24.2 Å². The summed E-state index contributed by atoms with van der Waals surface area (Å²) in [6.45, 7) is 8.84. The lowest BCUT2D eigenvalue weighted by Gasteiger charge is -2.36. The molecule has 2 aliphatic heterocycles. The van der Waals surface area contributed by atoms with E-state index in [-0.39, 0.29) is 17.0 Å². The molecule has 8 heteroatoms. The molecule has 0 aliphatic carbocycles. The van der Waals surface area contributed by atoms with Crippen molar-refractivity contribution in [3.63, 3.8) is 0 Å². The smallest absolute Gasteiger partial charge is 0.270 e. The monoisotopic (exact) mass is 576 g/mol. The quantitative estimate of drug-likeness (QED) is 0.169. The van der Waals surface area contributed by atoms with Gasteiger partial charge in [0.05, 0.1) is 4.91 Å². The van der Waals surface area contributed by atoms with Crippen molar-refractivity contribution in [3.05, 3.63) is 67.8 Å². The SMILES string of the molecule is CCCCCCN1C(=O)/C(=C/c2c(C)c(C#N)c(=O)n(CCC)c2N2CCC(Cc3ccccc3)CC2)SC1=S. The lowest BCUT2D eigenvalue weighted by molar-refractivity contribution is -0.122. The largest absolute Gasteiger partial charge is 0.357 e. The summed E-state index contributed by atoms with van der Waals surface area (Å²) in [6, 6.07) is 12.8. The number of anilines is 1. The van der Waals surface area contributed by atoms with Gasteiger partial charge in [-0.25, -0.2) is 0 Å². The molecule has 2 aliphatic rings. The van der Waals surface area contributed by atoms with Gasteiger partial charge in [-0.05, 0) is 62.1 Å². The summed E-state index contributed by atoms with van der Waals surface area (Å²) >= 11 is 6.92. The Morgan fingerprint density at radius 2 is 1.77 bits per heavy atom. The second-order valence-electron chi connectivity index (χ2n) is 10.8. The fraction of sp³-hybridized carbons (Fsp3) is 0.500. The maximum atomic E-state index is 13.5. The number of amides is 1. The van der Waals surface area contributed by atoms with Crippen molar-refractivity contribution in [1.82, 2.24) is 9.47 Å². The summed E-state index contributed by atoms with van der Waals surface area (Å²) in [5.41, 5.74) is 2.68. The van der Waals surface area contributed by atoms with Crippen LogP contribution >= 0.6 is 24.0 Å². The number of piperidine rings is 1.